The molecule has 106 valence electrons. The second-order valence-electron chi connectivity index (χ2n) is 4.55. The first kappa shape index (κ1) is 13.1. The molecule has 1 heterocycles. The van der Waals surface area contributed by atoms with Crippen LogP contribution in [-0.4, -0.2) is 17.3 Å². The van der Waals surface area contributed by atoms with Crippen molar-refractivity contribution in [3.8, 4) is 28.4 Å². The molecule has 0 spiro atoms. The summed E-state index contributed by atoms with van der Waals surface area (Å²) in [6.07, 6.45) is 0. The Hall–Kier alpha value is -2.95. The summed E-state index contributed by atoms with van der Waals surface area (Å²) in [6.45, 7) is 0. The standard InChI is InChI=1S/C16H12O5/c1-20-15-8-14-12(6-13(15)18)11(7-16(19)21-14)9-3-2-4-10(17)5-9/h2-8,17-18H,1H3. The maximum absolute atomic E-state index is 11.7. The van der Waals surface area contributed by atoms with Crippen LogP contribution >= 0.6 is 0 Å². The van der Waals surface area contributed by atoms with Gasteiger partial charge in [-0.1, -0.05) is 12.1 Å². The van der Waals surface area contributed by atoms with Gasteiger partial charge < -0.3 is 19.4 Å². The van der Waals surface area contributed by atoms with E-state index in [1.165, 1.54) is 37.4 Å². The Kier molecular flexibility index (Phi) is 3.02. The van der Waals surface area contributed by atoms with Gasteiger partial charge in [0.2, 0.25) is 0 Å². The van der Waals surface area contributed by atoms with Crippen LogP contribution in [0.3, 0.4) is 0 Å². The van der Waals surface area contributed by atoms with E-state index in [0.717, 1.165) is 0 Å². The van der Waals surface area contributed by atoms with Crippen LogP contribution in [0.2, 0.25) is 0 Å². The molecule has 0 saturated carbocycles. The molecule has 0 atom stereocenters. The fourth-order valence-electron chi connectivity index (χ4n) is 2.25. The van der Waals surface area contributed by atoms with Crippen LogP contribution in [0, 0.1) is 0 Å². The first-order valence-corrected chi connectivity index (χ1v) is 6.23. The van der Waals surface area contributed by atoms with E-state index in [0.29, 0.717) is 22.1 Å². The fraction of sp³-hybridized carbons (Fsp3) is 0.0625. The van der Waals surface area contributed by atoms with E-state index >= 15 is 0 Å². The Balaban J connectivity index is 2.37. The summed E-state index contributed by atoms with van der Waals surface area (Å²) in [5, 5.41) is 20.0. The van der Waals surface area contributed by atoms with Gasteiger partial charge in [-0.05, 0) is 23.8 Å². The molecule has 0 aliphatic rings. The van der Waals surface area contributed by atoms with E-state index in [1.807, 2.05) is 0 Å². The molecule has 0 radical (unpaired) electrons. The lowest BCUT2D eigenvalue weighted by molar-refractivity contribution is 0.373. The molecule has 0 aliphatic carbocycles. The van der Waals surface area contributed by atoms with E-state index in [1.54, 1.807) is 12.1 Å². The molecule has 2 aromatic carbocycles. The van der Waals surface area contributed by atoms with Gasteiger partial charge >= 0.3 is 5.63 Å². The molecular formula is C16H12O5. The normalized spacial score (nSPS) is 10.7. The van der Waals surface area contributed by atoms with Crippen molar-refractivity contribution in [1.82, 2.24) is 0 Å². The third-order valence-electron chi connectivity index (χ3n) is 3.20. The van der Waals surface area contributed by atoms with E-state index in [9.17, 15) is 15.0 Å². The third kappa shape index (κ3) is 2.29. The number of benzene rings is 2. The van der Waals surface area contributed by atoms with Crippen LogP contribution in [0.5, 0.6) is 17.2 Å². The van der Waals surface area contributed by atoms with Crippen LogP contribution < -0.4 is 10.4 Å². The zero-order valence-corrected chi connectivity index (χ0v) is 11.2. The number of rotatable bonds is 2. The molecule has 5 nitrogen and oxygen atoms in total. The Bertz CT molecular complexity index is 879. The van der Waals surface area contributed by atoms with E-state index in [2.05, 4.69) is 0 Å². The Morgan fingerprint density at radius 2 is 1.90 bits per heavy atom. The van der Waals surface area contributed by atoms with Gasteiger partial charge in [0.1, 0.15) is 11.3 Å². The van der Waals surface area contributed by atoms with Crippen molar-refractivity contribution in [3.05, 3.63) is 52.9 Å². The highest BCUT2D eigenvalue weighted by molar-refractivity contribution is 5.95. The molecule has 0 saturated heterocycles. The number of hydrogen-bond donors (Lipinski definition) is 2. The minimum Gasteiger partial charge on any atom is -0.508 e. The van der Waals surface area contributed by atoms with Crippen molar-refractivity contribution in [3.63, 3.8) is 0 Å². The van der Waals surface area contributed by atoms with Crippen molar-refractivity contribution in [2.75, 3.05) is 7.11 Å². The maximum Gasteiger partial charge on any atom is 0.336 e. The summed E-state index contributed by atoms with van der Waals surface area (Å²) < 4.78 is 10.1. The number of aromatic hydroxyl groups is 2. The second-order valence-corrected chi connectivity index (χ2v) is 4.55. The maximum atomic E-state index is 11.7. The molecule has 5 heteroatoms. The molecule has 0 fully saturated rings. The largest absolute Gasteiger partial charge is 0.508 e. The first-order valence-electron chi connectivity index (χ1n) is 6.23. The van der Waals surface area contributed by atoms with Crippen LogP contribution in [0.25, 0.3) is 22.1 Å². The van der Waals surface area contributed by atoms with Crippen molar-refractivity contribution < 1.29 is 19.4 Å². The van der Waals surface area contributed by atoms with Gasteiger partial charge in [-0.3, -0.25) is 0 Å². The van der Waals surface area contributed by atoms with E-state index < -0.39 is 5.63 Å². The predicted molar refractivity (Wildman–Crippen MR) is 77.8 cm³/mol. The molecule has 0 unspecified atom stereocenters. The predicted octanol–water partition coefficient (Wildman–Crippen LogP) is 2.88. The summed E-state index contributed by atoms with van der Waals surface area (Å²) in [5.41, 5.74) is 0.997. The van der Waals surface area contributed by atoms with Gasteiger partial charge in [0.25, 0.3) is 0 Å². The SMILES string of the molecule is COc1cc2oc(=O)cc(-c3cccc(O)c3)c2cc1O. The van der Waals surface area contributed by atoms with Crippen molar-refractivity contribution in [2.45, 2.75) is 0 Å². The Labute approximate surface area is 119 Å². The second kappa shape index (κ2) is 4.86. The third-order valence-corrected chi connectivity index (χ3v) is 3.20. The highest BCUT2D eigenvalue weighted by atomic mass is 16.5. The zero-order chi connectivity index (χ0) is 15.0. The van der Waals surface area contributed by atoms with E-state index in [-0.39, 0.29) is 17.2 Å². The van der Waals surface area contributed by atoms with Gasteiger partial charge in [-0.25, -0.2) is 4.79 Å². The van der Waals surface area contributed by atoms with Gasteiger partial charge in [-0.2, -0.15) is 0 Å². The zero-order valence-electron chi connectivity index (χ0n) is 11.2. The lowest BCUT2D eigenvalue weighted by Crippen LogP contribution is -1.98. The smallest absolute Gasteiger partial charge is 0.336 e. The summed E-state index contributed by atoms with van der Waals surface area (Å²) in [6, 6.07) is 10.8. The molecule has 21 heavy (non-hydrogen) atoms. The minimum atomic E-state index is -0.520. The molecule has 2 N–H and O–H groups in total. The summed E-state index contributed by atoms with van der Waals surface area (Å²) in [7, 11) is 1.41. The molecule has 0 amide bonds. The van der Waals surface area contributed by atoms with Crippen molar-refractivity contribution in [2.24, 2.45) is 0 Å². The topological polar surface area (TPSA) is 79.9 Å². The van der Waals surface area contributed by atoms with Gasteiger partial charge in [0.15, 0.2) is 11.5 Å². The Morgan fingerprint density at radius 3 is 2.62 bits per heavy atom. The van der Waals surface area contributed by atoms with Crippen LogP contribution in [0.4, 0.5) is 0 Å². The molecule has 0 aliphatic heterocycles. The van der Waals surface area contributed by atoms with Gasteiger partial charge in [0, 0.05) is 23.1 Å². The fourth-order valence-corrected chi connectivity index (χ4v) is 2.25. The lowest BCUT2D eigenvalue weighted by atomic mass is 10.0. The Morgan fingerprint density at radius 1 is 1.10 bits per heavy atom. The van der Waals surface area contributed by atoms with Crippen LogP contribution in [-0.2, 0) is 0 Å². The van der Waals surface area contributed by atoms with Gasteiger partial charge in [0.05, 0.1) is 7.11 Å². The average Bonchev–Trinajstić information content (AvgIpc) is 2.46. The molecule has 3 aromatic rings. The number of fused-ring (bicyclic) bond motifs is 1. The highest BCUT2D eigenvalue weighted by Crippen LogP contribution is 2.36. The molecule has 3 rings (SSSR count). The number of phenols is 2. The number of methoxy groups -OCH3 is 1. The van der Waals surface area contributed by atoms with Crippen molar-refractivity contribution in [1.29, 1.82) is 0 Å². The van der Waals surface area contributed by atoms with Crippen molar-refractivity contribution >= 4 is 11.0 Å². The summed E-state index contributed by atoms with van der Waals surface area (Å²) in [5.74, 6) is 0.255. The average molecular weight is 284 g/mol. The number of hydrogen-bond acceptors (Lipinski definition) is 5. The quantitative estimate of drug-likeness (QED) is 0.707. The summed E-state index contributed by atoms with van der Waals surface area (Å²) >= 11 is 0. The minimum absolute atomic E-state index is 0.0553. The van der Waals surface area contributed by atoms with Crippen LogP contribution in [0.15, 0.2) is 51.7 Å². The lowest BCUT2D eigenvalue weighted by Gasteiger charge is -2.09. The molecular weight excluding hydrogens is 272 g/mol. The first-order chi connectivity index (χ1) is 10.1. The summed E-state index contributed by atoms with van der Waals surface area (Å²) in [4.78, 5) is 11.7. The monoisotopic (exact) mass is 284 g/mol. The molecule has 0 bridgehead atoms. The number of phenolic OH excluding ortho intramolecular Hbond substituents is 2. The molecule has 1 aromatic heterocycles. The van der Waals surface area contributed by atoms with E-state index in [4.69, 9.17) is 9.15 Å². The highest BCUT2D eigenvalue weighted by Gasteiger charge is 2.12. The van der Waals surface area contributed by atoms with Gasteiger partial charge in [-0.15, -0.1) is 0 Å². The van der Waals surface area contributed by atoms with Crippen LogP contribution in [0.1, 0.15) is 0 Å². The number of ether oxygens (including phenoxy) is 1.